The van der Waals surface area contributed by atoms with E-state index in [1.54, 1.807) is 0 Å². The van der Waals surface area contributed by atoms with Crippen molar-refractivity contribution in [1.29, 1.82) is 0 Å². The highest BCUT2D eigenvalue weighted by Gasteiger charge is 2.38. The molecular formula is C15H22N2. The monoisotopic (exact) mass is 230 g/mol. The summed E-state index contributed by atoms with van der Waals surface area (Å²) in [6, 6.07) is 9.58. The van der Waals surface area contributed by atoms with Gasteiger partial charge in [0.15, 0.2) is 0 Å². The molecule has 0 bridgehead atoms. The van der Waals surface area contributed by atoms with Crippen molar-refractivity contribution in [3.8, 4) is 0 Å². The van der Waals surface area contributed by atoms with E-state index in [0.717, 1.165) is 19.5 Å². The molecule has 1 aliphatic heterocycles. The topological polar surface area (TPSA) is 38.0 Å². The third kappa shape index (κ3) is 2.24. The van der Waals surface area contributed by atoms with E-state index in [1.165, 1.54) is 24.0 Å². The largest absolute Gasteiger partial charge is 0.327 e. The Morgan fingerprint density at radius 3 is 2.47 bits per heavy atom. The van der Waals surface area contributed by atoms with Crippen molar-refractivity contribution in [2.75, 3.05) is 13.1 Å². The molecule has 1 heterocycles. The molecule has 1 saturated heterocycles. The predicted octanol–water partition coefficient (Wildman–Crippen LogP) is 2.14. The molecule has 0 amide bonds. The van der Waals surface area contributed by atoms with Gasteiger partial charge in [0.2, 0.25) is 0 Å². The van der Waals surface area contributed by atoms with Gasteiger partial charge in [-0.05, 0) is 41.7 Å². The van der Waals surface area contributed by atoms with Gasteiger partial charge in [-0.15, -0.1) is 0 Å². The highest BCUT2D eigenvalue weighted by molar-refractivity contribution is 5.34. The summed E-state index contributed by atoms with van der Waals surface area (Å²) in [5, 5.41) is 3.42. The highest BCUT2D eigenvalue weighted by Crippen LogP contribution is 2.47. The van der Waals surface area contributed by atoms with E-state index in [1.807, 2.05) is 0 Å². The van der Waals surface area contributed by atoms with Crippen molar-refractivity contribution < 1.29 is 0 Å². The van der Waals surface area contributed by atoms with E-state index < -0.39 is 0 Å². The van der Waals surface area contributed by atoms with Crippen molar-refractivity contribution in [2.45, 2.75) is 43.6 Å². The van der Waals surface area contributed by atoms with E-state index in [0.29, 0.717) is 17.4 Å². The van der Waals surface area contributed by atoms with Crippen molar-refractivity contribution in [3.63, 3.8) is 0 Å². The Bertz CT molecular complexity index is 392. The van der Waals surface area contributed by atoms with E-state index in [4.69, 9.17) is 5.73 Å². The SMILES string of the molecule is CC1(c2ccc(C3CNCC(N)C3)cc2)CC1. The van der Waals surface area contributed by atoms with Gasteiger partial charge in [-0.1, -0.05) is 31.2 Å². The third-order valence-electron chi connectivity index (χ3n) is 4.46. The minimum Gasteiger partial charge on any atom is -0.327 e. The first-order valence-electron chi connectivity index (χ1n) is 6.74. The molecule has 1 aliphatic carbocycles. The number of piperidine rings is 1. The fourth-order valence-corrected chi connectivity index (χ4v) is 2.86. The number of nitrogens with two attached hydrogens (primary N) is 1. The maximum absolute atomic E-state index is 6.01. The van der Waals surface area contributed by atoms with Crippen LogP contribution in [0.3, 0.4) is 0 Å². The molecule has 2 fully saturated rings. The molecule has 0 spiro atoms. The van der Waals surface area contributed by atoms with Crippen molar-refractivity contribution >= 4 is 0 Å². The summed E-state index contributed by atoms with van der Waals surface area (Å²) in [7, 11) is 0. The Labute approximate surface area is 104 Å². The van der Waals surface area contributed by atoms with E-state index in [9.17, 15) is 0 Å². The molecule has 2 heteroatoms. The van der Waals surface area contributed by atoms with Crippen LogP contribution in [0.15, 0.2) is 24.3 Å². The van der Waals surface area contributed by atoms with Gasteiger partial charge in [0.1, 0.15) is 0 Å². The molecule has 2 aliphatic rings. The minimum atomic E-state index is 0.314. The van der Waals surface area contributed by atoms with Gasteiger partial charge in [0.25, 0.3) is 0 Å². The van der Waals surface area contributed by atoms with Crippen LogP contribution in [0.4, 0.5) is 0 Å². The van der Waals surface area contributed by atoms with Crippen LogP contribution in [0.2, 0.25) is 0 Å². The van der Waals surface area contributed by atoms with Crippen molar-refractivity contribution in [2.24, 2.45) is 5.73 Å². The van der Waals surface area contributed by atoms with Crippen LogP contribution in [-0.2, 0) is 5.41 Å². The second kappa shape index (κ2) is 4.11. The van der Waals surface area contributed by atoms with E-state index in [2.05, 4.69) is 36.5 Å². The summed E-state index contributed by atoms with van der Waals surface area (Å²) >= 11 is 0. The van der Waals surface area contributed by atoms with Gasteiger partial charge < -0.3 is 11.1 Å². The molecule has 2 nitrogen and oxygen atoms in total. The zero-order valence-corrected chi connectivity index (χ0v) is 10.6. The quantitative estimate of drug-likeness (QED) is 0.817. The molecule has 0 radical (unpaired) electrons. The minimum absolute atomic E-state index is 0.314. The van der Waals surface area contributed by atoms with Crippen LogP contribution in [0, 0.1) is 0 Å². The summed E-state index contributed by atoms with van der Waals surface area (Å²) in [6.45, 7) is 4.40. The molecule has 1 saturated carbocycles. The first-order valence-corrected chi connectivity index (χ1v) is 6.74. The third-order valence-corrected chi connectivity index (χ3v) is 4.46. The standard InChI is InChI=1S/C15H22N2/c1-15(6-7-15)13-4-2-11(3-5-13)12-8-14(16)10-17-9-12/h2-5,12,14,17H,6-10,16H2,1H3. The van der Waals surface area contributed by atoms with Crippen LogP contribution in [0.25, 0.3) is 0 Å². The van der Waals surface area contributed by atoms with Gasteiger partial charge >= 0.3 is 0 Å². The van der Waals surface area contributed by atoms with Gasteiger partial charge in [0.05, 0.1) is 0 Å². The van der Waals surface area contributed by atoms with Crippen LogP contribution in [0.5, 0.6) is 0 Å². The average molecular weight is 230 g/mol. The van der Waals surface area contributed by atoms with Gasteiger partial charge in [-0.3, -0.25) is 0 Å². The van der Waals surface area contributed by atoms with Crippen molar-refractivity contribution in [3.05, 3.63) is 35.4 Å². The number of hydrogen-bond acceptors (Lipinski definition) is 2. The lowest BCUT2D eigenvalue weighted by Crippen LogP contribution is -2.43. The van der Waals surface area contributed by atoms with Crippen molar-refractivity contribution in [1.82, 2.24) is 5.32 Å². The molecular weight excluding hydrogens is 208 g/mol. The lowest BCUT2D eigenvalue weighted by Gasteiger charge is -2.28. The molecule has 0 aromatic heterocycles. The smallest absolute Gasteiger partial charge is 0.0171 e. The fraction of sp³-hybridized carbons (Fsp3) is 0.600. The maximum atomic E-state index is 6.01. The second-order valence-electron chi connectivity index (χ2n) is 6.03. The summed E-state index contributed by atoms with van der Waals surface area (Å²) < 4.78 is 0. The first kappa shape index (κ1) is 11.2. The highest BCUT2D eigenvalue weighted by atomic mass is 14.9. The summed E-state index contributed by atoms with van der Waals surface area (Å²) in [4.78, 5) is 0. The molecule has 1 aromatic carbocycles. The summed E-state index contributed by atoms with van der Waals surface area (Å²) in [6.07, 6.45) is 3.81. The second-order valence-corrected chi connectivity index (χ2v) is 6.03. The molecule has 2 atom stereocenters. The van der Waals surface area contributed by atoms with Crippen LogP contribution < -0.4 is 11.1 Å². The molecule has 3 N–H and O–H groups in total. The maximum Gasteiger partial charge on any atom is 0.0171 e. The Balaban J connectivity index is 1.75. The zero-order chi connectivity index (χ0) is 11.9. The van der Waals surface area contributed by atoms with Crippen LogP contribution in [0.1, 0.15) is 43.2 Å². The first-order chi connectivity index (χ1) is 8.17. The zero-order valence-electron chi connectivity index (χ0n) is 10.6. The van der Waals surface area contributed by atoms with Crippen LogP contribution >= 0.6 is 0 Å². The normalized spacial score (nSPS) is 31.2. The van der Waals surface area contributed by atoms with Gasteiger partial charge in [0, 0.05) is 19.1 Å². The Morgan fingerprint density at radius 2 is 1.88 bits per heavy atom. The molecule has 17 heavy (non-hydrogen) atoms. The lowest BCUT2D eigenvalue weighted by atomic mass is 9.87. The lowest BCUT2D eigenvalue weighted by molar-refractivity contribution is 0.412. The van der Waals surface area contributed by atoms with E-state index >= 15 is 0 Å². The fourth-order valence-electron chi connectivity index (χ4n) is 2.86. The Morgan fingerprint density at radius 1 is 1.18 bits per heavy atom. The van der Waals surface area contributed by atoms with Gasteiger partial charge in [-0.25, -0.2) is 0 Å². The number of nitrogens with one attached hydrogen (secondary N) is 1. The average Bonchev–Trinajstić information content (AvgIpc) is 3.09. The number of benzene rings is 1. The van der Waals surface area contributed by atoms with Gasteiger partial charge in [-0.2, -0.15) is 0 Å². The molecule has 2 unspecified atom stereocenters. The number of hydrogen-bond donors (Lipinski definition) is 2. The number of rotatable bonds is 2. The molecule has 3 rings (SSSR count). The Kier molecular flexibility index (Phi) is 2.72. The summed E-state index contributed by atoms with van der Waals surface area (Å²) in [5.41, 5.74) is 9.45. The Hall–Kier alpha value is -0.860. The predicted molar refractivity (Wildman–Crippen MR) is 71.2 cm³/mol. The molecule has 1 aromatic rings. The van der Waals surface area contributed by atoms with E-state index in [-0.39, 0.29) is 0 Å². The molecule has 92 valence electrons. The summed E-state index contributed by atoms with van der Waals surface area (Å²) in [5.74, 6) is 0.597. The van der Waals surface area contributed by atoms with Crippen LogP contribution in [-0.4, -0.2) is 19.1 Å².